The van der Waals surface area contributed by atoms with E-state index in [0.717, 1.165) is 80.6 Å². The molecule has 1 saturated heterocycles. The fraction of sp³-hybridized carbons (Fsp3) is 0.389. The first kappa shape index (κ1) is 28.3. The summed E-state index contributed by atoms with van der Waals surface area (Å²) in [5.41, 5.74) is 7.68. The Bertz CT molecular complexity index is 1730. The quantitative estimate of drug-likeness (QED) is 0.246. The summed E-state index contributed by atoms with van der Waals surface area (Å²) in [5.74, 6) is 1.59. The number of amides is 1. The van der Waals surface area contributed by atoms with Crippen LogP contribution in [0.4, 0.5) is 0 Å². The summed E-state index contributed by atoms with van der Waals surface area (Å²) >= 11 is 0. The van der Waals surface area contributed by atoms with E-state index in [0.29, 0.717) is 29.3 Å². The molecule has 2 aliphatic carbocycles. The smallest absolute Gasteiger partial charge is 0.339 e. The van der Waals surface area contributed by atoms with E-state index in [2.05, 4.69) is 53.3 Å². The van der Waals surface area contributed by atoms with E-state index in [1.807, 2.05) is 18.2 Å². The van der Waals surface area contributed by atoms with Crippen molar-refractivity contribution >= 4 is 11.9 Å². The van der Waals surface area contributed by atoms with Gasteiger partial charge in [-0.25, -0.2) is 14.5 Å². The lowest BCUT2D eigenvalue weighted by atomic mass is 9.85. The van der Waals surface area contributed by atoms with Crippen LogP contribution in [-0.2, 0) is 17.6 Å². The number of hydrogen-bond acceptors (Lipinski definition) is 5. The van der Waals surface area contributed by atoms with Crippen LogP contribution in [-0.4, -0.2) is 49.7 Å². The first-order valence-corrected chi connectivity index (χ1v) is 15.9. The van der Waals surface area contributed by atoms with Gasteiger partial charge in [0.05, 0.1) is 17.6 Å². The molecule has 1 amide bonds. The van der Waals surface area contributed by atoms with E-state index >= 15 is 0 Å². The molecule has 0 bridgehead atoms. The molecule has 226 valence electrons. The van der Waals surface area contributed by atoms with Gasteiger partial charge in [0.2, 0.25) is 5.91 Å². The Balaban J connectivity index is 1.12. The zero-order valence-corrected chi connectivity index (χ0v) is 25.3. The molecule has 1 saturated carbocycles. The highest BCUT2D eigenvalue weighted by Crippen LogP contribution is 2.42. The molecule has 1 N–H and O–H groups in total. The molecule has 8 heteroatoms. The van der Waals surface area contributed by atoms with Crippen LogP contribution < -0.4 is 4.74 Å². The molecular formula is C36H38N4O4. The summed E-state index contributed by atoms with van der Waals surface area (Å²) in [7, 11) is 0. The van der Waals surface area contributed by atoms with Gasteiger partial charge < -0.3 is 14.7 Å². The van der Waals surface area contributed by atoms with Gasteiger partial charge in [-0.2, -0.15) is 5.10 Å². The fourth-order valence-electron chi connectivity index (χ4n) is 7.05. The van der Waals surface area contributed by atoms with Crippen molar-refractivity contribution in [3.8, 4) is 22.8 Å². The third-order valence-electron chi connectivity index (χ3n) is 9.61. The number of carbonyl (C=O) groups is 2. The molecule has 7 rings (SSSR count). The highest BCUT2D eigenvalue weighted by molar-refractivity contribution is 5.88. The molecule has 1 atom stereocenters. The number of aromatic nitrogens is 3. The van der Waals surface area contributed by atoms with Gasteiger partial charge >= 0.3 is 5.97 Å². The highest BCUT2D eigenvalue weighted by atomic mass is 16.5. The minimum Gasteiger partial charge on any atom is -0.486 e. The van der Waals surface area contributed by atoms with Crippen LogP contribution in [0.2, 0.25) is 0 Å². The molecule has 1 unspecified atom stereocenters. The van der Waals surface area contributed by atoms with Crippen molar-refractivity contribution in [3.05, 3.63) is 94.3 Å². The van der Waals surface area contributed by atoms with Crippen molar-refractivity contribution in [1.82, 2.24) is 19.7 Å². The lowest BCUT2D eigenvalue weighted by Gasteiger charge is -2.33. The van der Waals surface area contributed by atoms with Crippen molar-refractivity contribution in [1.29, 1.82) is 0 Å². The second kappa shape index (κ2) is 11.6. The van der Waals surface area contributed by atoms with Crippen molar-refractivity contribution in [3.63, 3.8) is 0 Å². The Labute approximate surface area is 257 Å². The number of carboxylic acid groups (broad SMARTS) is 1. The summed E-state index contributed by atoms with van der Waals surface area (Å²) in [5, 5.41) is 13.8. The maximum Gasteiger partial charge on any atom is 0.339 e. The highest BCUT2D eigenvalue weighted by Gasteiger charge is 2.35. The van der Waals surface area contributed by atoms with Crippen molar-refractivity contribution in [2.24, 2.45) is 5.92 Å². The first-order valence-electron chi connectivity index (χ1n) is 15.9. The number of benzene rings is 2. The molecule has 4 aromatic rings. The van der Waals surface area contributed by atoms with E-state index in [1.54, 1.807) is 11.6 Å². The van der Waals surface area contributed by atoms with Crippen molar-refractivity contribution in [2.75, 3.05) is 13.1 Å². The maximum atomic E-state index is 12.5. The number of piperidine rings is 1. The third kappa shape index (κ3) is 5.27. The molecule has 2 fully saturated rings. The van der Waals surface area contributed by atoms with Gasteiger partial charge in [0.15, 0.2) is 5.82 Å². The minimum absolute atomic E-state index is 0.0936. The van der Waals surface area contributed by atoms with Gasteiger partial charge in [-0.1, -0.05) is 37.3 Å². The number of hydrogen-bond donors (Lipinski definition) is 1. The Morgan fingerprint density at radius 3 is 2.52 bits per heavy atom. The van der Waals surface area contributed by atoms with E-state index < -0.39 is 5.97 Å². The zero-order valence-electron chi connectivity index (χ0n) is 25.3. The van der Waals surface area contributed by atoms with Gasteiger partial charge in [0.25, 0.3) is 0 Å². The number of carbonyl (C=O) groups excluding carboxylic acids is 1. The van der Waals surface area contributed by atoms with Gasteiger partial charge in [0, 0.05) is 30.1 Å². The number of likely N-dealkylation sites (tertiary alicyclic amines) is 1. The van der Waals surface area contributed by atoms with Crippen LogP contribution in [0.1, 0.15) is 89.4 Å². The van der Waals surface area contributed by atoms with E-state index in [9.17, 15) is 14.7 Å². The summed E-state index contributed by atoms with van der Waals surface area (Å²) in [6, 6.07) is 18.7. The fourth-order valence-corrected chi connectivity index (χ4v) is 7.05. The standard InChI is InChI=1S/C36H38N4O4/c1-3-23-20-27(13-14-28(23)24-16-18-39(19-17-24)35(41)26-10-11-26)44-32-15-12-25-6-4-7-29(34(25)32)31-8-5-9-33(38-31)40-22(2)30(21-37-40)36(42)43/h4-9,13-14,20-21,24,26,32H,3,10-12,15-19H2,1-2H3,(H,42,43). The molecule has 3 aliphatic rings. The topological polar surface area (TPSA) is 97.6 Å². The molecule has 8 nitrogen and oxygen atoms in total. The number of fused-ring (bicyclic) bond motifs is 1. The van der Waals surface area contributed by atoms with Crippen LogP contribution in [0, 0.1) is 12.8 Å². The van der Waals surface area contributed by atoms with Gasteiger partial charge in [-0.3, -0.25) is 4.79 Å². The molecule has 44 heavy (non-hydrogen) atoms. The molecule has 1 aliphatic heterocycles. The average molecular weight is 591 g/mol. The van der Waals surface area contributed by atoms with Crippen LogP contribution in [0.3, 0.4) is 0 Å². The second-order valence-corrected chi connectivity index (χ2v) is 12.4. The monoisotopic (exact) mass is 590 g/mol. The lowest BCUT2D eigenvalue weighted by Crippen LogP contribution is -2.38. The number of aromatic carboxylic acids is 1. The Hall–Kier alpha value is -4.46. The number of ether oxygens (including phenoxy) is 1. The number of nitrogens with zero attached hydrogens (tertiary/aromatic N) is 4. The molecule has 2 aromatic heterocycles. The predicted octanol–water partition coefficient (Wildman–Crippen LogP) is 6.69. The number of carboxylic acids is 1. The number of pyridine rings is 1. The normalized spacial score (nSPS) is 18.3. The molecule has 0 spiro atoms. The van der Waals surface area contributed by atoms with Crippen LogP contribution in [0.5, 0.6) is 5.75 Å². The SMILES string of the molecule is CCc1cc(OC2CCc3cccc(-c4cccc(-n5ncc(C(=O)O)c5C)n4)c32)ccc1C1CCN(C(=O)C2CC2)CC1. The average Bonchev–Trinajstić information content (AvgIpc) is 3.71. The van der Waals surface area contributed by atoms with Crippen LogP contribution in [0.15, 0.2) is 60.8 Å². The van der Waals surface area contributed by atoms with Gasteiger partial charge in [0.1, 0.15) is 17.4 Å². The van der Waals surface area contributed by atoms with E-state index in [4.69, 9.17) is 9.72 Å². The summed E-state index contributed by atoms with van der Waals surface area (Å²) in [6.07, 6.45) is 8.21. The minimum atomic E-state index is -1.00. The number of aryl methyl sites for hydroxylation is 2. The Morgan fingerprint density at radius 1 is 1.00 bits per heavy atom. The summed E-state index contributed by atoms with van der Waals surface area (Å²) in [6.45, 7) is 5.67. The zero-order chi connectivity index (χ0) is 30.4. The molecule has 2 aromatic carbocycles. The van der Waals surface area contributed by atoms with E-state index in [1.165, 1.54) is 22.9 Å². The van der Waals surface area contributed by atoms with Gasteiger partial charge in [-0.15, -0.1) is 0 Å². The largest absolute Gasteiger partial charge is 0.486 e. The summed E-state index contributed by atoms with van der Waals surface area (Å²) < 4.78 is 8.31. The Kier molecular flexibility index (Phi) is 7.44. The van der Waals surface area contributed by atoms with Crippen LogP contribution in [0.25, 0.3) is 17.1 Å². The van der Waals surface area contributed by atoms with Crippen LogP contribution >= 0.6 is 0 Å². The van der Waals surface area contributed by atoms with Crippen molar-refractivity contribution < 1.29 is 19.4 Å². The second-order valence-electron chi connectivity index (χ2n) is 12.4. The first-order chi connectivity index (χ1) is 21.4. The lowest BCUT2D eigenvalue weighted by molar-refractivity contribution is -0.133. The van der Waals surface area contributed by atoms with Crippen molar-refractivity contribution in [2.45, 2.75) is 70.8 Å². The predicted molar refractivity (Wildman–Crippen MR) is 167 cm³/mol. The third-order valence-corrected chi connectivity index (χ3v) is 9.61. The molecular weight excluding hydrogens is 552 g/mol. The number of rotatable bonds is 8. The summed E-state index contributed by atoms with van der Waals surface area (Å²) in [4.78, 5) is 31.1. The van der Waals surface area contributed by atoms with Gasteiger partial charge in [-0.05, 0) is 98.7 Å². The Morgan fingerprint density at radius 2 is 1.80 bits per heavy atom. The molecule has 3 heterocycles. The van der Waals surface area contributed by atoms with E-state index in [-0.39, 0.29) is 11.7 Å². The molecule has 0 radical (unpaired) electrons. The maximum absolute atomic E-state index is 12.5.